The van der Waals surface area contributed by atoms with Gasteiger partial charge in [-0.15, -0.1) is 0 Å². The van der Waals surface area contributed by atoms with Crippen molar-refractivity contribution in [1.29, 1.82) is 5.26 Å². The molecule has 0 bridgehead atoms. The summed E-state index contributed by atoms with van der Waals surface area (Å²) in [7, 11) is 2.04. The summed E-state index contributed by atoms with van der Waals surface area (Å²) in [4.78, 5) is 2.18. The van der Waals surface area contributed by atoms with Gasteiger partial charge in [-0.2, -0.15) is 16.6 Å². The van der Waals surface area contributed by atoms with Gasteiger partial charge in [-0.25, -0.2) is 0 Å². The zero-order chi connectivity index (χ0) is 12.0. The Hall–Kier alpha value is -0.890. The highest BCUT2D eigenvalue weighted by Crippen LogP contribution is 2.25. The van der Waals surface area contributed by atoms with E-state index in [0.29, 0.717) is 6.42 Å². The second-order valence-corrected chi connectivity index (χ2v) is 4.74. The van der Waals surface area contributed by atoms with Crippen LogP contribution in [0, 0.1) is 11.3 Å². The maximum atomic E-state index is 8.62. The summed E-state index contributed by atoms with van der Waals surface area (Å²) in [5.74, 6) is 0. The van der Waals surface area contributed by atoms with Crippen molar-refractivity contribution >= 4 is 11.3 Å². The lowest BCUT2D eigenvalue weighted by atomic mass is 9.99. The fourth-order valence-corrected chi connectivity index (χ4v) is 2.55. The zero-order valence-corrected chi connectivity index (χ0v) is 10.7. The van der Waals surface area contributed by atoms with Gasteiger partial charge in [0, 0.05) is 19.0 Å². The van der Waals surface area contributed by atoms with Gasteiger partial charge in [-0.05, 0) is 35.9 Å². The van der Waals surface area contributed by atoms with Crippen molar-refractivity contribution in [3.05, 3.63) is 22.4 Å². The molecule has 1 aromatic heterocycles. The molecule has 0 aromatic carbocycles. The Balaban J connectivity index is 2.76. The molecule has 4 heteroatoms. The van der Waals surface area contributed by atoms with E-state index >= 15 is 0 Å². The van der Waals surface area contributed by atoms with E-state index in [1.165, 1.54) is 5.56 Å². The summed E-state index contributed by atoms with van der Waals surface area (Å²) in [5.41, 5.74) is 7.42. The van der Waals surface area contributed by atoms with Crippen LogP contribution in [-0.2, 0) is 0 Å². The molecule has 0 aliphatic heterocycles. The van der Waals surface area contributed by atoms with E-state index in [4.69, 9.17) is 11.0 Å². The average molecular weight is 237 g/mol. The fourth-order valence-electron chi connectivity index (χ4n) is 1.86. The van der Waals surface area contributed by atoms with Crippen LogP contribution < -0.4 is 5.73 Å². The van der Waals surface area contributed by atoms with E-state index in [1.54, 1.807) is 11.3 Å². The minimum atomic E-state index is 0.123. The van der Waals surface area contributed by atoms with Crippen LogP contribution in [0.5, 0.6) is 0 Å². The minimum absolute atomic E-state index is 0.123. The Morgan fingerprint density at radius 3 is 2.88 bits per heavy atom. The SMILES string of the molecule is CCC(N)C(c1ccsc1)N(C)CCC#N. The fraction of sp³-hybridized carbons (Fsp3) is 0.583. The van der Waals surface area contributed by atoms with E-state index in [9.17, 15) is 0 Å². The highest BCUT2D eigenvalue weighted by molar-refractivity contribution is 7.07. The minimum Gasteiger partial charge on any atom is -0.326 e. The summed E-state index contributed by atoms with van der Waals surface area (Å²) in [6.07, 6.45) is 1.49. The molecule has 0 aliphatic rings. The van der Waals surface area contributed by atoms with Gasteiger partial charge in [0.1, 0.15) is 0 Å². The van der Waals surface area contributed by atoms with E-state index < -0.39 is 0 Å². The number of likely N-dealkylation sites (N-methyl/N-ethyl adjacent to an activating group) is 1. The maximum Gasteiger partial charge on any atom is 0.0635 e. The van der Waals surface area contributed by atoms with Crippen LogP contribution in [0.25, 0.3) is 0 Å². The monoisotopic (exact) mass is 237 g/mol. The number of nitrogens with zero attached hydrogens (tertiary/aromatic N) is 2. The van der Waals surface area contributed by atoms with Crippen molar-refractivity contribution in [3.8, 4) is 6.07 Å². The van der Waals surface area contributed by atoms with E-state index in [0.717, 1.165) is 13.0 Å². The molecule has 0 saturated heterocycles. The molecule has 0 spiro atoms. The first kappa shape index (κ1) is 13.2. The van der Waals surface area contributed by atoms with Gasteiger partial charge in [0.15, 0.2) is 0 Å². The lowest BCUT2D eigenvalue weighted by molar-refractivity contribution is 0.214. The number of nitrogens with two attached hydrogens (primary N) is 1. The molecule has 1 aromatic rings. The molecule has 16 heavy (non-hydrogen) atoms. The third-order valence-corrected chi connectivity index (χ3v) is 3.51. The van der Waals surface area contributed by atoms with E-state index in [2.05, 4.69) is 34.7 Å². The predicted molar refractivity (Wildman–Crippen MR) is 68.2 cm³/mol. The molecule has 0 fully saturated rings. The van der Waals surface area contributed by atoms with Gasteiger partial charge >= 0.3 is 0 Å². The van der Waals surface area contributed by atoms with Crippen LogP contribution in [0.2, 0.25) is 0 Å². The lowest BCUT2D eigenvalue weighted by Gasteiger charge is -2.31. The van der Waals surface area contributed by atoms with Gasteiger partial charge < -0.3 is 5.73 Å². The second kappa shape index (κ2) is 6.64. The molecule has 0 amide bonds. The molecular weight excluding hydrogens is 218 g/mol. The Bertz CT molecular complexity index is 329. The van der Waals surface area contributed by atoms with Gasteiger partial charge in [0.05, 0.1) is 12.1 Å². The van der Waals surface area contributed by atoms with Crippen molar-refractivity contribution in [2.24, 2.45) is 5.73 Å². The van der Waals surface area contributed by atoms with Crippen LogP contribution in [0.1, 0.15) is 31.4 Å². The molecule has 1 rings (SSSR count). The normalized spacial score (nSPS) is 14.7. The molecule has 0 saturated carbocycles. The second-order valence-electron chi connectivity index (χ2n) is 3.96. The first-order valence-corrected chi connectivity index (χ1v) is 6.49. The highest BCUT2D eigenvalue weighted by Gasteiger charge is 2.22. The third kappa shape index (κ3) is 3.31. The number of thiophene rings is 1. The van der Waals surface area contributed by atoms with Crippen molar-refractivity contribution in [2.45, 2.75) is 31.8 Å². The Kier molecular flexibility index (Phi) is 5.47. The molecule has 0 radical (unpaired) electrons. The summed E-state index contributed by atoms with van der Waals surface area (Å²) >= 11 is 1.69. The van der Waals surface area contributed by atoms with Crippen LogP contribution in [0.3, 0.4) is 0 Å². The van der Waals surface area contributed by atoms with E-state index in [-0.39, 0.29) is 12.1 Å². The molecule has 2 N–H and O–H groups in total. The van der Waals surface area contributed by atoms with Gasteiger partial charge in [-0.1, -0.05) is 6.92 Å². The lowest BCUT2D eigenvalue weighted by Crippen LogP contribution is -2.39. The topological polar surface area (TPSA) is 53.0 Å². The summed E-state index contributed by atoms with van der Waals surface area (Å²) in [6.45, 7) is 2.87. The number of hydrogen-bond donors (Lipinski definition) is 1. The quantitative estimate of drug-likeness (QED) is 0.826. The molecule has 88 valence electrons. The Morgan fingerprint density at radius 2 is 2.38 bits per heavy atom. The summed E-state index contributed by atoms with van der Waals surface area (Å²) in [5, 5.41) is 12.8. The van der Waals surface area contributed by atoms with Gasteiger partial charge in [0.2, 0.25) is 0 Å². The van der Waals surface area contributed by atoms with Crippen LogP contribution in [0.4, 0.5) is 0 Å². The van der Waals surface area contributed by atoms with E-state index in [1.807, 2.05) is 7.05 Å². The van der Waals surface area contributed by atoms with Crippen LogP contribution in [-0.4, -0.2) is 24.5 Å². The number of hydrogen-bond acceptors (Lipinski definition) is 4. The van der Waals surface area contributed by atoms with Crippen LogP contribution in [0.15, 0.2) is 16.8 Å². The maximum absolute atomic E-state index is 8.62. The summed E-state index contributed by atoms with van der Waals surface area (Å²) < 4.78 is 0. The first-order valence-electron chi connectivity index (χ1n) is 5.55. The predicted octanol–water partition coefficient (Wildman–Crippen LogP) is 2.37. The molecule has 3 nitrogen and oxygen atoms in total. The van der Waals surface area contributed by atoms with Crippen molar-refractivity contribution in [2.75, 3.05) is 13.6 Å². The Labute approximate surface area is 101 Å². The molecule has 2 unspecified atom stereocenters. The molecule has 2 atom stereocenters. The standard InChI is InChI=1S/C12H19N3S/c1-3-11(14)12(10-5-8-16-9-10)15(2)7-4-6-13/h5,8-9,11-12H,3-4,7,14H2,1-2H3. The molecular formula is C12H19N3S. The third-order valence-electron chi connectivity index (χ3n) is 2.81. The zero-order valence-electron chi connectivity index (χ0n) is 9.89. The number of nitriles is 1. The summed E-state index contributed by atoms with van der Waals surface area (Å²) in [6, 6.07) is 4.64. The van der Waals surface area contributed by atoms with Gasteiger partial charge in [-0.3, -0.25) is 4.90 Å². The first-order chi connectivity index (χ1) is 7.70. The highest BCUT2D eigenvalue weighted by atomic mass is 32.1. The van der Waals surface area contributed by atoms with Gasteiger partial charge in [0.25, 0.3) is 0 Å². The van der Waals surface area contributed by atoms with Crippen molar-refractivity contribution < 1.29 is 0 Å². The van der Waals surface area contributed by atoms with Crippen molar-refractivity contribution in [3.63, 3.8) is 0 Å². The number of rotatable bonds is 6. The van der Waals surface area contributed by atoms with Crippen LogP contribution >= 0.6 is 11.3 Å². The molecule has 0 aliphatic carbocycles. The molecule has 1 heterocycles. The smallest absolute Gasteiger partial charge is 0.0635 e. The largest absolute Gasteiger partial charge is 0.326 e. The average Bonchev–Trinajstić information content (AvgIpc) is 2.79. The van der Waals surface area contributed by atoms with Crippen molar-refractivity contribution in [1.82, 2.24) is 4.90 Å². The Morgan fingerprint density at radius 1 is 1.62 bits per heavy atom.